The van der Waals surface area contributed by atoms with Crippen molar-refractivity contribution in [1.82, 2.24) is 15.0 Å². The van der Waals surface area contributed by atoms with E-state index in [4.69, 9.17) is 21.1 Å². The number of hydrogen-bond donors (Lipinski definition) is 0. The first-order chi connectivity index (χ1) is 10.7. The Balaban J connectivity index is 2.06. The highest BCUT2D eigenvalue weighted by atomic mass is 35.5. The van der Waals surface area contributed by atoms with E-state index in [9.17, 15) is 4.39 Å². The smallest absolute Gasteiger partial charge is 0.228 e. The molecule has 1 saturated heterocycles. The Labute approximate surface area is 135 Å². The van der Waals surface area contributed by atoms with Gasteiger partial charge in [0.2, 0.25) is 5.88 Å². The molecule has 1 fully saturated rings. The van der Waals surface area contributed by atoms with Gasteiger partial charge in [0.15, 0.2) is 16.1 Å². The molecule has 2 aliphatic rings. The van der Waals surface area contributed by atoms with Crippen molar-refractivity contribution in [3.05, 3.63) is 11.0 Å². The first kappa shape index (κ1) is 14.2. The zero-order valence-electron chi connectivity index (χ0n) is 11.7. The molecular formula is C13H12ClFN4O2S. The fourth-order valence-corrected chi connectivity index (χ4v) is 3.21. The average molecular weight is 343 g/mol. The van der Waals surface area contributed by atoms with Crippen molar-refractivity contribution < 1.29 is 13.9 Å². The van der Waals surface area contributed by atoms with Gasteiger partial charge in [0.1, 0.15) is 22.8 Å². The van der Waals surface area contributed by atoms with E-state index in [1.807, 2.05) is 11.2 Å². The molecule has 2 bridgehead atoms. The van der Waals surface area contributed by atoms with Gasteiger partial charge >= 0.3 is 0 Å². The summed E-state index contributed by atoms with van der Waals surface area (Å²) >= 11 is 7.24. The maximum atomic E-state index is 14.4. The molecule has 0 amide bonds. The van der Waals surface area contributed by atoms with Crippen molar-refractivity contribution >= 4 is 40.1 Å². The van der Waals surface area contributed by atoms with Crippen LogP contribution in [0, 0.1) is 5.82 Å². The molecule has 1 atom stereocenters. The van der Waals surface area contributed by atoms with E-state index in [-0.39, 0.29) is 22.7 Å². The SMILES string of the molecule is CSc1nc2c3c(nc(Cl)c(F)c3n1)OC1COCCN2C1. The van der Waals surface area contributed by atoms with Gasteiger partial charge < -0.3 is 14.4 Å². The number of aromatic nitrogens is 3. The van der Waals surface area contributed by atoms with Gasteiger partial charge in [-0.1, -0.05) is 23.4 Å². The number of pyridine rings is 1. The number of ether oxygens (including phenoxy) is 2. The third-order valence-corrected chi connectivity index (χ3v) is 4.46. The highest BCUT2D eigenvalue weighted by Gasteiger charge is 2.31. The third kappa shape index (κ3) is 2.17. The van der Waals surface area contributed by atoms with Gasteiger partial charge in [0.05, 0.1) is 19.8 Å². The van der Waals surface area contributed by atoms with Gasteiger partial charge in [-0.05, 0) is 6.26 Å². The fraction of sp³-hybridized carbons (Fsp3) is 0.462. The van der Waals surface area contributed by atoms with E-state index in [2.05, 4.69) is 15.0 Å². The molecule has 2 aromatic heterocycles. The van der Waals surface area contributed by atoms with E-state index in [0.29, 0.717) is 42.7 Å². The second-order valence-electron chi connectivity index (χ2n) is 5.04. The highest BCUT2D eigenvalue weighted by molar-refractivity contribution is 7.98. The minimum absolute atomic E-state index is 0.150. The van der Waals surface area contributed by atoms with Crippen LogP contribution in [0.5, 0.6) is 5.88 Å². The van der Waals surface area contributed by atoms with E-state index >= 15 is 0 Å². The van der Waals surface area contributed by atoms with Crippen molar-refractivity contribution in [3.8, 4) is 5.88 Å². The molecule has 9 heteroatoms. The second-order valence-corrected chi connectivity index (χ2v) is 6.17. The topological polar surface area (TPSA) is 60.4 Å². The Kier molecular flexibility index (Phi) is 3.47. The van der Waals surface area contributed by atoms with Crippen molar-refractivity contribution in [2.75, 3.05) is 37.5 Å². The molecule has 0 aliphatic carbocycles. The van der Waals surface area contributed by atoms with Crippen molar-refractivity contribution in [1.29, 1.82) is 0 Å². The molecule has 116 valence electrons. The first-order valence-corrected chi connectivity index (χ1v) is 8.37. The molecule has 0 radical (unpaired) electrons. The van der Waals surface area contributed by atoms with Crippen LogP contribution in [0.15, 0.2) is 5.16 Å². The van der Waals surface area contributed by atoms with E-state index in [0.717, 1.165) is 0 Å². The third-order valence-electron chi connectivity index (χ3n) is 3.67. The maximum absolute atomic E-state index is 14.4. The minimum atomic E-state index is -0.644. The Bertz CT molecular complexity index is 763. The number of thioether (sulfide) groups is 1. The number of anilines is 1. The summed E-state index contributed by atoms with van der Waals surface area (Å²) in [6.07, 6.45) is 1.64. The fourth-order valence-electron chi connectivity index (χ4n) is 2.68. The van der Waals surface area contributed by atoms with Crippen LogP contribution >= 0.6 is 23.4 Å². The van der Waals surface area contributed by atoms with Crippen LogP contribution < -0.4 is 9.64 Å². The predicted molar refractivity (Wildman–Crippen MR) is 81.5 cm³/mol. The summed E-state index contributed by atoms with van der Waals surface area (Å²) in [4.78, 5) is 14.9. The summed E-state index contributed by atoms with van der Waals surface area (Å²) in [7, 11) is 0. The minimum Gasteiger partial charge on any atom is -0.469 e. The Hall–Kier alpha value is -1.38. The van der Waals surface area contributed by atoms with Gasteiger partial charge in [-0.3, -0.25) is 0 Å². The second kappa shape index (κ2) is 5.36. The van der Waals surface area contributed by atoms with Crippen LogP contribution in [0.2, 0.25) is 5.15 Å². The van der Waals surface area contributed by atoms with Crippen LogP contribution in [-0.2, 0) is 4.74 Å². The summed E-state index contributed by atoms with van der Waals surface area (Å²) < 4.78 is 25.8. The summed E-state index contributed by atoms with van der Waals surface area (Å²) in [6.45, 7) is 2.28. The van der Waals surface area contributed by atoms with Crippen LogP contribution in [-0.4, -0.2) is 53.6 Å². The van der Waals surface area contributed by atoms with E-state index in [1.54, 1.807) is 0 Å². The Morgan fingerprint density at radius 3 is 3.05 bits per heavy atom. The number of nitrogens with zero attached hydrogens (tertiary/aromatic N) is 4. The van der Waals surface area contributed by atoms with Gasteiger partial charge in [0, 0.05) is 6.54 Å². The first-order valence-electron chi connectivity index (χ1n) is 6.77. The maximum Gasteiger partial charge on any atom is 0.228 e. The van der Waals surface area contributed by atoms with Crippen LogP contribution in [0.1, 0.15) is 0 Å². The molecule has 2 aromatic rings. The largest absolute Gasteiger partial charge is 0.469 e. The highest BCUT2D eigenvalue weighted by Crippen LogP contribution is 2.38. The van der Waals surface area contributed by atoms with Crippen LogP contribution in [0.3, 0.4) is 0 Å². The zero-order chi connectivity index (χ0) is 15.3. The summed E-state index contributed by atoms with van der Waals surface area (Å²) in [5.74, 6) is 0.247. The summed E-state index contributed by atoms with van der Waals surface area (Å²) in [6, 6.07) is 0. The Morgan fingerprint density at radius 2 is 2.23 bits per heavy atom. The van der Waals surface area contributed by atoms with Gasteiger partial charge in [-0.15, -0.1) is 0 Å². The number of hydrogen-bond acceptors (Lipinski definition) is 7. The number of fused-ring (bicyclic) bond motifs is 3. The molecule has 4 heterocycles. The molecular weight excluding hydrogens is 331 g/mol. The lowest BCUT2D eigenvalue weighted by atomic mass is 10.2. The quantitative estimate of drug-likeness (QED) is 0.447. The number of halogens is 2. The molecule has 0 N–H and O–H groups in total. The van der Waals surface area contributed by atoms with E-state index in [1.165, 1.54) is 11.8 Å². The van der Waals surface area contributed by atoms with E-state index < -0.39 is 5.82 Å². The molecule has 4 rings (SSSR count). The van der Waals surface area contributed by atoms with Gasteiger partial charge in [-0.25, -0.2) is 14.4 Å². The molecule has 1 unspecified atom stereocenters. The molecule has 0 saturated carbocycles. The lowest BCUT2D eigenvalue weighted by Gasteiger charge is -2.21. The molecule has 0 aromatic carbocycles. The van der Waals surface area contributed by atoms with Crippen molar-refractivity contribution in [3.63, 3.8) is 0 Å². The van der Waals surface area contributed by atoms with Gasteiger partial charge in [-0.2, -0.15) is 4.98 Å². The van der Waals surface area contributed by atoms with Crippen LogP contribution in [0.25, 0.3) is 10.9 Å². The molecule has 0 spiro atoms. The van der Waals surface area contributed by atoms with Gasteiger partial charge in [0.25, 0.3) is 0 Å². The van der Waals surface area contributed by atoms with Crippen molar-refractivity contribution in [2.45, 2.75) is 11.3 Å². The summed E-state index contributed by atoms with van der Waals surface area (Å²) in [5, 5.41) is 0.715. The molecule has 6 nitrogen and oxygen atoms in total. The monoisotopic (exact) mass is 342 g/mol. The normalized spacial score (nSPS) is 20.5. The average Bonchev–Trinajstić information content (AvgIpc) is 2.84. The lowest BCUT2D eigenvalue weighted by Crippen LogP contribution is -2.35. The molecule has 22 heavy (non-hydrogen) atoms. The summed E-state index contributed by atoms with van der Waals surface area (Å²) in [5.41, 5.74) is 0.150. The lowest BCUT2D eigenvalue weighted by molar-refractivity contribution is 0.0717. The standard InChI is InChI=1S/C13H12ClFN4O2S/c1-22-13-16-9-7-11(18-13)19-2-3-20-5-6(4-19)21-12(7)17-10(14)8(9)15/h6H,2-5H2,1H3. The predicted octanol–water partition coefficient (Wildman–Crippen LogP) is 2.14. The molecule has 2 aliphatic heterocycles. The zero-order valence-corrected chi connectivity index (χ0v) is 13.2. The number of rotatable bonds is 1. The van der Waals surface area contributed by atoms with Crippen LogP contribution in [0.4, 0.5) is 10.2 Å². The van der Waals surface area contributed by atoms with Crippen molar-refractivity contribution in [2.24, 2.45) is 0 Å². The Morgan fingerprint density at radius 1 is 1.36 bits per heavy atom.